The van der Waals surface area contributed by atoms with Crippen LogP contribution in [0.4, 0.5) is 18.3 Å². The van der Waals surface area contributed by atoms with Crippen molar-refractivity contribution >= 4 is 33.3 Å². The summed E-state index contributed by atoms with van der Waals surface area (Å²) in [6.07, 6.45) is -3.75. The van der Waals surface area contributed by atoms with Gasteiger partial charge >= 0.3 is 6.18 Å². The van der Waals surface area contributed by atoms with E-state index in [2.05, 4.69) is 15.3 Å². The minimum Gasteiger partial charge on any atom is -0.352 e. The number of nitrogens with one attached hydrogen (secondary N) is 2. The molecule has 4 rings (SSSR count). The molecule has 0 saturated carbocycles. The van der Waals surface area contributed by atoms with Crippen LogP contribution in [0.15, 0.2) is 30.3 Å². The van der Waals surface area contributed by atoms with Gasteiger partial charge < -0.3 is 15.2 Å². The van der Waals surface area contributed by atoms with E-state index >= 15 is 0 Å². The Morgan fingerprint density at radius 1 is 1.35 bits per heavy atom. The summed E-state index contributed by atoms with van der Waals surface area (Å²) in [4.78, 5) is 22.6. The highest BCUT2D eigenvalue weighted by molar-refractivity contribution is 7.15. The van der Waals surface area contributed by atoms with Crippen molar-refractivity contribution in [2.45, 2.75) is 19.1 Å². The van der Waals surface area contributed by atoms with Crippen molar-refractivity contribution in [2.75, 3.05) is 18.4 Å². The summed E-state index contributed by atoms with van der Waals surface area (Å²) in [5, 5.41) is 3.51. The Bertz CT molecular complexity index is 929. The first kappa shape index (κ1) is 16.9. The molecule has 0 spiro atoms. The third-order valence-corrected chi connectivity index (χ3v) is 5.26. The van der Waals surface area contributed by atoms with Crippen molar-refractivity contribution in [3.05, 3.63) is 46.6 Å². The van der Waals surface area contributed by atoms with Crippen LogP contribution < -0.4 is 5.32 Å². The van der Waals surface area contributed by atoms with E-state index < -0.39 is 12.7 Å². The number of alkyl halides is 3. The van der Waals surface area contributed by atoms with E-state index in [1.165, 1.54) is 11.3 Å². The molecule has 3 aromatic rings. The van der Waals surface area contributed by atoms with Crippen LogP contribution in [-0.4, -0.2) is 40.0 Å². The number of carbonyl (C=O) groups is 1. The van der Waals surface area contributed by atoms with Crippen LogP contribution >= 0.6 is 11.3 Å². The number of hydrogen-bond acceptors (Lipinski definition) is 4. The molecule has 0 unspecified atom stereocenters. The van der Waals surface area contributed by atoms with Crippen molar-refractivity contribution in [1.82, 2.24) is 14.9 Å². The third-order valence-electron chi connectivity index (χ3n) is 4.22. The number of thiazole rings is 1. The fourth-order valence-corrected chi connectivity index (χ4v) is 4.00. The number of H-pyrrole nitrogens is 1. The number of aromatic nitrogens is 2. The highest BCUT2D eigenvalue weighted by Gasteiger charge is 2.29. The van der Waals surface area contributed by atoms with Gasteiger partial charge in [0.1, 0.15) is 12.2 Å². The summed E-state index contributed by atoms with van der Waals surface area (Å²) in [6.45, 7) is -0.268. The van der Waals surface area contributed by atoms with Crippen LogP contribution in [-0.2, 0) is 13.0 Å². The Balaban J connectivity index is 1.49. The van der Waals surface area contributed by atoms with Crippen molar-refractivity contribution in [1.29, 1.82) is 0 Å². The molecule has 1 aromatic carbocycles. The number of para-hydroxylation sites is 1. The molecule has 3 heterocycles. The van der Waals surface area contributed by atoms with Gasteiger partial charge in [0, 0.05) is 28.7 Å². The van der Waals surface area contributed by atoms with Gasteiger partial charge in [0.2, 0.25) is 0 Å². The molecule has 136 valence electrons. The summed E-state index contributed by atoms with van der Waals surface area (Å²) in [7, 11) is 0. The van der Waals surface area contributed by atoms with Crippen LogP contribution in [0.1, 0.15) is 21.1 Å². The highest BCUT2D eigenvalue weighted by Crippen LogP contribution is 2.30. The predicted molar refractivity (Wildman–Crippen MR) is 93.4 cm³/mol. The quantitative estimate of drug-likeness (QED) is 0.727. The molecule has 5 nitrogen and oxygen atoms in total. The molecule has 1 amide bonds. The standard InChI is InChI=1S/C17H15F3N4OS/c18-17(19,20)9-21-16-23-12-5-6-24(8-14(12)26-16)15(25)13-7-10-3-1-2-4-11(10)22-13/h1-4,7,22H,5-6,8-9H2,(H,21,23). The second-order valence-electron chi connectivity index (χ2n) is 6.10. The number of aromatic amines is 1. The highest BCUT2D eigenvalue weighted by atomic mass is 32.1. The summed E-state index contributed by atoms with van der Waals surface area (Å²) in [5.74, 6) is -0.120. The SMILES string of the molecule is O=C(c1cc2ccccc2[nH]1)N1CCc2nc(NCC(F)(F)F)sc2C1. The molecule has 2 N–H and O–H groups in total. The molecule has 0 radical (unpaired) electrons. The van der Waals surface area contributed by atoms with E-state index in [0.29, 0.717) is 25.2 Å². The maximum atomic E-state index is 12.8. The summed E-state index contributed by atoms with van der Waals surface area (Å²) < 4.78 is 37.0. The molecule has 0 fully saturated rings. The number of rotatable bonds is 3. The number of amides is 1. The van der Waals surface area contributed by atoms with E-state index in [9.17, 15) is 18.0 Å². The van der Waals surface area contributed by atoms with Gasteiger partial charge in [-0.1, -0.05) is 29.5 Å². The first-order valence-electron chi connectivity index (χ1n) is 8.05. The zero-order valence-corrected chi connectivity index (χ0v) is 14.4. The van der Waals surface area contributed by atoms with Crippen LogP contribution in [0.3, 0.4) is 0 Å². The number of nitrogens with zero attached hydrogens (tertiary/aromatic N) is 2. The Hall–Kier alpha value is -2.55. The van der Waals surface area contributed by atoms with Crippen molar-refractivity contribution in [3.8, 4) is 0 Å². The van der Waals surface area contributed by atoms with Crippen molar-refractivity contribution in [2.24, 2.45) is 0 Å². The van der Waals surface area contributed by atoms with Gasteiger partial charge in [-0.2, -0.15) is 13.2 Å². The normalized spacial score (nSPS) is 14.5. The number of anilines is 1. The maximum Gasteiger partial charge on any atom is 0.405 e. The van der Waals surface area contributed by atoms with Gasteiger partial charge in [-0.25, -0.2) is 4.98 Å². The van der Waals surface area contributed by atoms with Crippen molar-refractivity contribution < 1.29 is 18.0 Å². The Morgan fingerprint density at radius 3 is 2.92 bits per heavy atom. The van der Waals surface area contributed by atoms with Gasteiger partial charge in [0.05, 0.1) is 12.2 Å². The molecule has 1 aliphatic heterocycles. The fourth-order valence-electron chi connectivity index (χ4n) is 2.98. The van der Waals surface area contributed by atoms with E-state index in [1.807, 2.05) is 30.3 Å². The maximum absolute atomic E-state index is 12.8. The lowest BCUT2D eigenvalue weighted by Gasteiger charge is -2.25. The van der Waals surface area contributed by atoms with E-state index in [4.69, 9.17) is 0 Å². The first-order chi connectivity index (χ1) is 12.4. The van der Waals surface area contributed by atoms with Crippen LogP contribution in [0.25, 0.3) is 10.9 Å². The summed E-state index contributed by atoms with van der Waals surface area (Å²) >= 11 is 1.17. The summed E-state index contributed by atoms with van der Waals surface area (Å²) in [6, 6.07) is 9.45. The molecule has 0 bridgehead atoms. The molecule has 26 heavy (non-hydrogen) atoms. The number of fused-ring (bicyclic) bond motifs is 2. The lowest BCUT2D eigenvalue weighted by atomic mass is 10.1. The first-order valence-corrected chi connectivity index (χ1v) is 8.87. The molecule has 1 aliphatic rings. The van der Waals surface area contributed by atoms with Gasteiger partial charge in [0.25, 0.3) is 5.91 Å². The summed E-state index contributed by atoms with van der Waals surface area (Å²) in [5.41, 5.74) is 2.17. The largest absolute Gasteiger partial charge is 0.405 e. The zero-order valence-electron chi connectivity index (χ0n) is 13.6. The fraction of sp³-hybridized carbons (Fsp3) is 0.294. The Labute approximate surface area is 150 Å². The Kier molecular flexibility index (Phi) is 4.10. The molecule has 0 saturated heterocycles. The monoisotopic (exact) mass is 380 g/mol. The third kappa shape index (κ3) is 3.39. The average Bonchev–Trinajstić information content (AvgIpc) is 3.21. The average molecular weight is 380 g/mol. The zero-order chi connectivity index (χ0) is 18.3. The second-order valence-corrected chi connectivity index (χ2v) is 7.19. The lowest BCUT2D eigenvalue weighted by Crippen LogP contribution is -2.35. The van der Waals surface area contributed by atoms with Gasteiger partial charge in [-0.05, 0) is 12.1 Å². The minimum atomic E-state index is -4.29. The van der Waals surface area contributed by atoms with Gasteiger partial charge in [-0.15, -0.1) is 0 Å². The van der Waals surface area contributed by atoms with Crippen LogP contribution in [0.2, 0.25) is 0 Å². The number of hydrogen-bond donors (Lipinski definition) is 2. The number of benzene rings is 1. The molecular weight excluding hydrogens is 365 g/mol. The molecule has 0 aliphatic carbocycles. The molecule has 0 atom stereocenters. The Morgan fingerprint density at radius 2 is 2.15 bits per heavy atom. The molecule has 9 heteroatoms. The predicted octanol–water partition coefficient (Wildman–Crippen LogP) is 3.80. The van der Waals surface area contributed by atoms with Crippen molar-refractivity contribution in [3.63, 3.8) is 0 Å². The lowest BCUT2D eigenvalue weighted by molar-refractivity contribution is -0.115. The molecular formula is C17H15F3N4OS. The minimum absolute atomic E-state index is 0.120. The van der Waals surface area contributed by atoms with E-state index in [-0.39, 0.29) is 11.0 Å². The van der Waals surface area contributed by atoms with Gasteiger partial charge in [0.15, 0.2) is 5.13 Å². The smallest absolute Gasteiger partial charge is 0.352 e. The second kappa shape index (κ2) is 6.31. The van der Waals surface area contributed by atoms with E-state index in [1.54, 1.807) is 4.90 Å². The van der Waals surface area contributed by atoms with E-state index in [0.717, 1.165) is 21.5 Å². The number of halogens is 3. The topological polar surface area (TPSA) is 61.0 Å². The van der Waals surface area contributed by atoms with Crippen LogP contribution in [0.5, 0.6) is 0 Å². The van der Waals surface area contributed by atoms with Crippen LogP contribution in [0, 0.1) is 0 Å². The molecule has 2 aromatic heterocycles. The van der Waals surface area contributed by atoms with Gasteiger partial charge in [-0.3, -0.25) is 4.79 Å². The number of carbonyl (C=O) groups excluding carboxylic acids is 1.